The molecule has 0 aromatic carbocycles. The van der Waals surface area contributed by atoms with Crippen LogP contribution >= 0.6 is 0 Å². The van der Waals surface area contributed by atoms with Crippen LogP contribution in [0.4, 0.5) is 5.95 Å². The van der Waals surface area contributed by atoms with Crippen molar-refractivity contribution in [3.8, 4) is 0 Å². The topological polar surface area (TPSA) is 113 Å². The molecule has 20 heavy (non-hydrogen) atoms. The monoisotopic (exact) mass is 300 g/mol. The van der Waals surface area contributed by atoms with Gasteiger partial charge in [0.05, 0.1) is 12.4 Å². The zero-order valence-corrected chi connectivity index (χ0v) is 12.2. The lowest BCUT2D eigenvalue weighted by atomic mass is 9.99. The van der Waals surface area contributed by atoms with Gasteiger partial charge in [0.2, 0.25) is 16.0 Å². The van der Waals surface area contributed by atoms with E-state index in [0.717, 1.165) is 25.9 Å². The second-order valence-electron chi connectivity index (χ2n) is 5.01. The van der Waals surface area contributed by atoms with Crippen molar-refractivity contribution in [1.29, 1.82) is 0 Å². The molecule has 0 radical (unpaired) electrons. The highest BCUT2D eigenvalue weighted by Gasteiger charge is 2.21. The van der Waals surface area contributed by atoms with Gasteiger partial charge in [-0.05, 0) is 32.4 Å². The predicted molar refractivity (Wildman–Crippen MR) is 75.3 cm³/mol. The smallest absolute Gasteiger partial charge is 0.243 e. The molecule has 1 unspecified atom stereocenters. The summed E-state index contributed by atoms with van der Waals surface area (Å²) in [6.45, 7) is 2.42. The summed E-state index contributed by atoms with van der Waals surface area (Å²) in [5, 5.41) is 0. The summed E-state index contributed by atoms with van der Waals surface area (Å²) in [7, 11) is -1.52. The van der Waals surface area contributed by atoms with Crippen molar-refractivity contribution in [3.63, 3.8) is 0 Å². The Morgan fingerprint density at radius 2 is 2.15 bits per heavy atom. The van der Waals surface area contributed by atoms with Crippen LogP contribution in [0, 0.1) is 5.92 Å². The summed E-state index contributed by atoms with van der Waals surface area (Å²) < 4.78 is 26.8. The van der Waals surface area contributed by atoms with E-state index < -0.39 is 10.0 Å². The van der Waals surface area contributed by atoms with Crippen LogP contribution in [0.2, 0.25) is 0 Å². The van der Waals surface area contributed by atoms with Gasteiger partial charge in [-0.1, -0.05) is 0 Å². The third-order valence-electron chi connectivity index (χ3n) is 3.35. The predicted octanol–water partition coefficient (Wildman–Crippen LogP) is -0.618. The molecule has 2 rings (SSSR count). The maximum absolute atomic E-state index is 12.1. The molecule has 1 aromatic heterocycles. The molecule has 1 aliphatic rings. The molecule has 0 aliphatic carbocycles. The molecule has 0 bridgehead atoms. The molecule has 0 amide bonds. The number of nitrogens with zero attached hydrogens (tertiary/aromatic N) is 3. The normalized spacial score (nSPS) is 20.8. The van der Waals surface area contributed by atoms with Crippen LogP contribution in [0.5, 0.6) is 0 Å². The number of anilines is 1. The minimum atomic E-state index is -3.56. The van der Waals surface area contributed by atoms with E-state index in [0.29, 0.717) is 12.5 Å². The summed E-state index contributed by atoms with van der Waals surface area (Å²) in [5.41, 5.74) is 2.25. The Morgan fingerprint density at radius 3 is 2.75 bits per heavy atom. The molecule has 4 N–H and O–H groups in total. The fraction of sp³-hybridized carbons (Fsp3) is 0.636. The van der Waals surface area contributed by atoms with E-state index in [1.807, 2.05) is 7.05 Å². The number of nitrogen functional groups attached to an aromatic ring is 1. The molecule has 0 spiro atoms. The molecule has 1 aromatic rings. The van der Waals surface area contributed by atoms with Gasteiger partial charge in [-0.2, -0.15) is 0 Å². The highest BCUT2D eigenvalue weighted by atomic mass is 32.2. The van der Waals surface area contributed by atoms with E-state index in [1.54, 1.807) is 0 Å². The Labute approximate surface area is 118 Å². The third kappa shape index (κ3) is 3.85. The number of rotatable bonds is 5. The minimum absolute atomic E-state index is 0.0423. The summed E-state index contributed by atoms with van der Waals surface area (Å²) in [4.78, 5) is 9.85. The summed E-state index contributed by atoms with van der Waals surface area (Å²) in [5.74, 6) is 5.65. The van der Waals surface area contributed by atoms with E-state index in [9.17, 15) is 8.42 Å². The fourth-order valence-corrected chi connectivity index (χ4v) is 3.28. The van der Waals surface area contributed by atoms with Gasteiger partial charge in [0.25, 0.3) is 0 Å². The zero-order chi connectivity index (χ0) is 14.6. The van der Waals surface area contributed by atoms with Gasteiger partial charge in [-0.3, -0.25) is 5.43 Å². The zero-order valence-electron chi connectivity index (χ0n) is 11.4. The summed E-state index contributed by atoms with van der Waals surface area (Å²) in [6, 6.07) is 0. The average Bonchev–Trinajstić information content (AvgIpc) is 2.45. The number of nitrogens with one attached hydrogen (secondary N) is 2. The molecular weight excluding hydrogens is 280 g/mol. The molecule has 2 heterocycles. The summed E-state index contributed by atoms with van der Waals surface area (Å²) >= 11 is 0. The molecule has 1 saturated heterocycles. The van der Waals surface area contributed by atoms with Crippen LogP contribution in [-0.2, 0) is 10.0 Å². The Balaban J connectivity index is 1.96. The SMILES string of the molecule is CN1CCCC(CNS(=O)(=O)c2cnc(NN)nc2)C1. The third-order valence-corrected chi connectivity index (χ3v) is 4.73. The van der Waals surface area contributed by atoms with Crippen molar-refractivity contribution < 1.29 is 8.42 Å². The first kappa shape index (κ1) is 15.1. The Morgan fingerprint density at radius 1 is 1.45 bits per heavy atom. The molecule has 1 atom stereocenters. The maximum Gasteiger partial charge on any atom is 0.243 e. The number of likely N-dealkylation sites (tertiary alicyclic amines) is 1. The van der Waals surface area contributed by atoms with Gasteiger partial charge in [-0.25, -0.2) is 29.0 Å². The average molecular weight is 300 g/mol. The van der Waals surface area contributed by atoms with Gasteiger partial charge in [0.1, 0.15) is 4.90 Å². The molecule has 8 nitrogen and oxygen atoms in total. The lowest BCUT2D eigenvalue weighted by molar-refractivity contribution is 0.211. The maximum atomic E-state index is 12.1. The van der Waals surface area contributed by atoms with Crippen molar-refractivity contribution in [2.75, 3.05) is 32.1 Å². The van der Waals surface area contributed by atoms with Crippen LogP contribution in [0.1, 0.15) is 12.8 Å². The quantitative estimate of drug-likeness (QED) is 0.490. The van der Waals surface area contributed by atoms with Crippen LogP contribution < -0.4 is 16.0 Å². The fourth-order valence-electron chi connectivity index (χ4n) is 2.28. The molecule has 112 valence electrons. The Hall–Kier alpha value is -1.29. The number of aromatic nitrogens is 2. The molecule has 9 heteroatoms. The van der Waals surface area contributed by atoms with Crippen molar-refractivity contribution in [2.45, 2.75) is 17.7 Å². The van der Waals surface area contributed by atoms with Crippen molar-refractivity contribution in [3.05, 3.63) is 12.4 Å². The van der Waals surface area contributed by atoms with Gasteiger partial charge < -0.3 is 4.90 Å². The van der Waals surface area contributed by atoms with E-state index in [2.05, 4.69) is 25.0 Å². The van der Waals surface area contributed by atoms with Gasteiger partial charge in [-0.15, -0.1) is 0 Å². The number of hydrogen-bond donors (Lipinski definition) is 3. The van der Waals surface area contributed by atoms with Gasteiger partial charge >= 0.3 is 0 Å². The molecule has 0 saturated carbocycles. The second-order valence-corrected chi connectivity index (χ2v) is 6.78. The van der Waals surface area contributed by atoms with Crippen LogP contribution in [0.25, 0.3) is 0 Å². The lowest BCUT2D eigenvalue weighted by Gasteiger charge is -2.29. The van der Waals surface area contributed by atoms with Crippen LogP contribution in [0.15, 0.2) is 17.3 Å². The van der Waals surface area contributed by atoms with Crippen molar-refractivity contribution in [1.82, 2.24) is 19.6 Å². The number of nitrogens with two attached hydrogens (primary N) is 1. The Kier molecular flexibility index (Phi) is 4.86. The highest BCUT2D eigenvalue weighted by molar-refractivity contribution is 7.89. The van der Waals surface area contributed by atoms with E-state index in [1.165, 1.54) is 12.4 Å². The first-order valence-corrected chi connectivity index (χ1v) is 7.96. The number of sulfonamides is 1. The van der Waals surface area contributed by atoms with Gasteiger partial charge in [0, 0.05) is 13.1 Å². The largest absolute Gasteiger partial charge is 0.306 e. The molecule has 1 fully saturated rings. The number of hydrogen-bond acceptors (Lipinski definition) is 7. The first-order chi connectivity index (χ1) is 9.51. The summed E-state index contributed by atoms with van der Waals surface area (Å²) in [6.07, 6.45) is 4.61. The first-order valence-electron chi connectivity index (χ1n) is 6.48. The number of hydrazine groups is 1. The lowest BCUT2D eigenvalue weighted by Crippen LogP contribution is -2.39. The van der Waals surface area contributed by atoms with Crippen LogP contribution in [-0.4, -0.2) is 50.0 Å². The highest BCUT2D eigenvalue weighted by Crippen LogP contribution is 2.15. The number of piperidine rings is 1. The van der Waals surface area contributed by atoms with E-state index in [-0.39, 0.29) is 10.8 Å². The standard InChI is InChI=1S/C11H20N6O2S/c1-17-4-2-3-9(8-17)5-15-20(18,19)10-6-13-11(16-12)14-7-10/h6-7,9,15H,2-5,8,12H2,1H3,(H,13,14,16). The van der Waals surface area contributed by atoms with E-state index >= 15 is 0 Å². The van der Waals surface area contributed by atoms with Crippen molar-refractivity contribution >= 4 is 16.0 Å². The second kappa shape index (κ2) is 6.44. The molecule has 1 aliphatic heterocycles. The minimum Gasteiger partial charge on any atom is -0.306 e. The molecular formula is C11H20N6O2S. The Bertz CT molecular complexity index is 532. The van der Waals surface area contributed by atoms with Crippen molar-refractivity contribution in [2.24, 2.45) is 11.8 Å². The van der Waals surface area contributed by atoms with E-state index in [4.69, 9.17) is 5.84 Å². The van der Waals surface area contributed by atoms with Crippen LogP contribution in [0.3, 0.4) is 0 Å². The van der Waals surface area contributed by atoms with Gasteiger partial charge in [0.15, 0.2) is 0 Å².